The molecule has 2 amide bonds. The van der Waals surface area contributed by atoms with Gasteiger partial charge in [-0.3, -0.25) is 14.5 Å². The monoisotopic (exact) mass is 513 g/mol. The fraction of sp³-hybridized carbons (Fsp3) is 0.312. The third-order valence-corrected chi connectivity index (χ3v) is 7.12. The summed E-state index contributed by atoms with van der Waals surface area (Å²) in [6.07, 6.45) is 5.60. The second kappa shape index (κ2) is 13.2. The summed E-state index contributed by atoms with van der Waals surface area (Å²) >= 11 is 0. The number of likely N-dealkylation sites (N-methyl/N-ethyl adjacent to an activating group) is 1. The summed E-state index contributed by atoms with van der Waals surface area (Å²) in [4.78, 5) is 26.6. The van der Waals surface area contributed by atoms with Crippen molar-refractivity contribution < 1.29 is 14.0 Å². The number of nitrogens with zero attached hydrogens (tertiary/aromatic N) is 1. The largest absolute Gasteiger partial charge is 0.356 e. The van der Waals surface area contributed by atoms with Crippen LogP contribution >= 0.6 is 0 Å². The number of carbonyl (C=O) groups is 2. The first kappa shape index (κ1) is 27.3. The van der Waals surface area contributed by atoms with E-state index in [0.29, 0.717) is 26.1 Å². The van der Waals surface area contributed by atoms with E-state index in [1.807, 2.05) is 11.9 Å². The molecule has 0 radical (unpaired) electrons. The summed E-state index contributed by atoms with van der Waals surface area (Å²) < 4.78 is 13.2. The summed E-state index contributed by atoms with van der Waals surface area (Å²) in [5.41, 5.74) is 7.35. The third-order valence-electron chi connectivity index (χ3n) is 7.12. The topological polar surface area (TPSA) is 61.4 Å². The fourth-order valence-electron chi connectivity index (χ4n) is 5.05. The summed E-state index contributed by atoms with van der Waals surface area (Å²) in [5.74, 6) is -0.533. The molecule has 1 unspecified atom stereocenters. The summed E-state index contributed by atoms with van der Waals surface area (Å²) in [5, 5.41) is 5.78. The zero-order valence-corrected chi connectivity index (χ0v) is 22.2. The number of halogens is 1. The van der Waals surface area contributed by atoms with Crippen molar-refractivity contribution in [2.45, 2.75) is 45.2 Å². The maximum atomic E-state index is 13.2. The molecule has 0 fully saturated rings. The lowest BCUT2D eigenvalue weighted by molar-refractivity contribution is -0.127. The zero-order valence-electron chi connectivity index (χ0n) is 22.2. The molecular formula is C32H36FN3O2. The van der Waals surface area contributed by atoms with Crippen LogP contribution in [-0.2, 0) is 29.0 Å². The first-order valence-electron chi connectivity index (χ1n) is 13.3. The van der Waals surface area contributed by atoms with Crippen molar-refractivity contribution in [3.8, 4) is 0 Å². The Hall–Kier alpha value is -3.77. The molecule has 0 aliphatic heterocycles. The first-order valence-corrected chi connectivity index (χ1v) is 13.3. The lowest BCUT2D eigenvalue weighted by Gasteiger charge is -2.27. The van der Waals surface area contributed by atoms with Crippen molar-refractivity contribution in [2.24, 2.45) is 0 Å². The fourth-order valence-corrected chi connectivity index (χ4v) is 5.05. The number of amides is 2. The number of rotatable bonds is 10. The molecule has 6 heteroatoms. The average molecular weight is 514 g/mol. The molecule has 0 saturated heterocycles. The number of aryl methyl sites for hydroxylation is 2. The molecule has 0 heterocycles. The molecule has 5 nitrogen and oxygen atoms in total. The second-order valence-corrected chi connectivity index (χ2v) is 9.83. The van der Waals surface area contributed by atoms with Gasteiger partial charge in [-0.2, -0.15) is 0 Å². The standard InChI is InChI=1S/C32H36FN3O2/c1-23(37)34-20-19-31(32(38)35-22-24-13-17-27(33)18-14-24)36(2)21-7-12-30-28-10-5-3-8-25(28)15-16-26-9-4-6-11-29(26)30/h3-6,8-14,17-18,31H,7,15-16,19-22H2,1-2H3,(H,34,37)(H,35,38). The van der Waals surface area contributed by atoms with Crippen LogP contribution in [0.1, 0.15) is 47.6 Å². The van der Waals surface area contributed by atoms with Crippen LogP contribution in [-0.4, -0.2) is 42.9 Å². The Labute approximate surface area is 224 Å². The summed E-state index contributed by atoms with van der Waals surface area (Å²) in [6, 6.07) is 22.9. The Bertz CT molecular complexity index is 1240. The molecule has 0 bridgehead atoms. The summed E-state index contributed by atoms with van der Waals surface area (Å²) in [6.45, 7) is 2.89. The molecule has 3 aromatic rings. The SMILES string of the molecule is CC(=O)NCCC(C(=O)NCc1ccc(F)cc1)N(C)CCC=C1c2ccccc2CCc2ccccc21. The van der Waals surface area contributed by atoms with Crippen molar-refractivity contribution in [1.29, 1.82) is 0 Å². The van der Waals surface area contributed by atoms with Gasteiger partial charge in [0, 0.05) is 26.6 Å². The van der Waals surface area contributed by atoms with E-state index in [9.17, 15) is 14.0 Å². The van der Waals surface area contributed by atoms with E-state index >= 15 is 0 Å². The highest BCUT2D eigenvalue weighted by atomic mass is 19.1. The van der Waals surface area contributed by atoms with Gasteiger partial charge in [0.25, 0.3) is 0 Å². The average Bonchev–Trinajstić information content (AvgIpc) is 3.07. The van der Waals surface area contributed by atoms with Crippen LogP contribution in [0.3, 0.4) is 0 Å². The molecule has 1 aliphatic rings. The number of benzene rings is 3. The molecule has 3 aromatic carbocycles. The molecule has 4 rings (SSSR count). The van der Waals surface area contributed by atoms with Crippen LogP contribution in [0.15, 0.2) is 78.9 Å². The number of hydrogen-bond donors (Lipinski definition) is 2. The van der Waals surface area contributed by atoms with Crippen LogP contribution < -0.4 is 10.6 Å². The van der Waals surface area contributed by atoms with Crippen LogP contribution in [0.4, 0.5) is 4.39 Å². The first-order chi connectivity index (χ1) is 18.4. The highest BCUT2D eigenvalue weighted by molar-refractivity contribution is 5.84. The van der Waals surface area contributed by atoms with Crippen molar-refractivity contribution in [3.63, 3.8) is 0 Å². The van der Waals surface area contributed by atoms with Gasteiger partial charge < -0.3 is 10.6 Å². The van der Waals surface area contributed by atoms with Gasteiger partial charge in [0.1, 0.15) is 5.82 Å². The van der Waals surface area contributed by atoms with E-state index in [1.54, 1.807) is 12.1 Å². The van der Waals surface area contributed by atoms with Crippen LogP contribution in [0.25, 0.3) is 5.57 Å². The summed E-state index contributed by atoms with van der Waals surface area (Å²) in [7, 11) is 1.95. The van der Waals surface area contributed by atoms with Gasteiger partial charge in [0.15, 0.2) is 0 Å². The Balaban J connectivity index is 1.47. The number of fused-ring (bicyclic) bond motifs is 2. The number of hydrogen-bond acceptors (Lipinski definition) is 3. The van der Waals surface area contributed by atoms with Gasteiger partial charge in [-0.25, -0.2) is 4.39 Å². The van der Waals surface area contributed by atoms with E-state index in [1.165, 1.54) is 46.9 Å². The molecule has 38 heavy (non-hydrogen) atoms. The van der Waals surface area contributed by atoms with Gasteiger partial charge in [0.05, 0.1) is 6.04 Å². The Morgan fingerprint density at radius 3 is 2.13 bits per heavy atom. The van der Waals surface area contributed by atoms with Crippen LogP contribution in [0.5, 0.6) is 0 Å². The predicted molar refractivity (Wildman–Crippen MR) is 150 cm³/mol. The Kier molecular flexibility index (Phi) is 9.44. The van der Waals surface area contributed by atoms with Crippen molar-refractivity contribution in [2.75, 3.05) is 20.1 Å². The van der Waals surface area contributed by atoms with Gasteiger partial charge in [0.2, 0.25) is 11.8 Å². The van der Waals surface area contributed by atoms with Gasteiger partial charge >= 0.3 is 0 Å². The normalized spacial score (nSPS) is 13.2. The van der Waals surface area contributed by atoms with Crippen LogP contribution in [0, 0.1) is 5.82 Å². The van der Waals surface area contributed by atoms with E-state index < -0.39 is 6.04 Å². The van der Waals surface area contributed by atoms with E-state index in [2.05, 4.69) is 65.2 Å². The number of carbonyl (C=O) groups excluding carboxylic acids is 2. The highest BCUT2D eigenvalue weighted by Gasteiger charge is 2.23. The maximum Gasteiger partial charge on any atom is 0.237 e. The van der Waals surface area contributed by atoms with Crippen molar-refractivity contribution >= 4 is 17.4 Å². The minimum absolute atomic E-state index is 0.111. The van der Waals surface area contributed by atoms with E-state index in [-0.39, 0.29) is 17.6 Å². The third kappa shape index (κ3) is 7.17. The lowest BCUT2D eigenvalue weighted by Crippen LogP contribution is -2.46. The quantitative estimate of drug-likeness (QED) is 0.406. The molecule has 0 aromatic heterocycles. The van der Waals surface area contributed by atoms with E-state index in [0.717, 1.165) is 24.8 Å². The Morgan fingerprint density at radius 2 is 1.53 bits per heavy atom. The van der Waals surface area contributed by atoms with Gasteiger partial charge in [-0.15, -0.1) is 0 Å². The lowest BCUT2D eigenvalue weighted by atomic mass is 9.93. The van der Waals surface area contributed by atoms with Crippen LogP contribution in [0.2, 0.25) is 0 Å². The zero-order chi connectivity index (χ0) is 26.9. The highest BCUT2D eigenvalue weighted by Crippen LogP contribution is 2.33. The second-order valence-electron chi connectivity index (χ2n) is 9.83. The van der Waals surface area contributed by atoms with Gasteiger partial charge in [-0.1, -0.05) is 66.7 Å². The predicted octanol–water partition coefficient (Wildman–Crippen LogP) is 4.89. The minimum atomic E-state index is -0.408. The van der Waals surface area contributed by atoms with Crippen molar-refractivity contribution in [3.05, 3.63) is 113 Å². The molecule has 0 spiro atoms. The molecule has 198 valence electrons. The molecule has 2 N–H and O–H groups in total. The molecule has 1 atom stereocenters. The van der Waals surface area contributed by atoms with Crippen molar-refractivity contribution in [1.82, 2.24) is 15.5 Å². The van der Waals surface area contributed by atoms with Gasteiger partial charge in [-0.05, 0) is 78.3 Å². The molecule has 0 saturated carbocycles. The molecular weight excluding hydrogens is 477 g/mol. The number of nitrogens with one attached hydrogen (secondary N) is 2. The Morgan fingerprint density at radius 1 is 0.921 bits per heavy atom. The molecule has 1 aliphatic carbocycles. The minimum Gasteiger partial charge on any atom is -0.356 e. The smallest absolute Gasteiger partial charge is 0.237 e. The maximum absolute atomic E-state index is 13.2. The van der Waals surface area contributed by atoms with E-state index in [4.69, 9.17) is 0 Å².